The van der Waals surface area contributed by atoms with E-state index in [9.17, 15) is 0 Å². The molecule has 0 atom stereocenters. The van der Waals surface area contributed by atoms with Gasteiger partial charge in [-0.05, 0) is 32.1 Å². The quantitative estimate of drug-likeness (QED) is 0.648. The average molecular weight is 300 g/mol. The summed E-state index contributed by atoms with van der Waals surface area (Å²) in [4.78, 5) is 2.35. The van der Waals surface area contributed by atoms with Crippen molar-refractivity contribution >= 4 is 12.4 Å². The lowest BCUT2D eigenvalue weighted by molar-refractivity contribution is 0.296. The molecule has 0 amide bonds. The maximum atomic E-state index is 5.71. The summed E-state index contributed by atoms with van der Waals surface area (Å²) in [7, 11) is 0. The number of hydrogen-bond donors (Lipinski definition) is 0. The van der Waals surface area contributed by atoms with Gasteiger partial charge in [-0.3, -0.25) is 0 Å². The van der Waals surface area contributed by atoms with Crippen LogP contribution < -0.4 is 9.47 Å². The first-order valence-electron chi connectivity index (χ1n) is 7.03. The molecule has 1 aromatic rings. The second kappa shape index (κ2) is 11.6. The van der Waals surface area contributed by atoms with Crippen LogP contribution in [0, 0.1) is 0 Å². The predicted molar refractivity (Wildman–Crippen MR) is 87.3 cm³/mol. The molecule has 20 heavy (non-hydrogen) atoms. The van der Waals surface area contributed by atoms with E-state index < -0.39 is 0 Å². The normalized spacial score (nSPS) is 10.6. The molecule has 0 aliphatic rings. The Morgan fingerprint density at radius 3 is 2.10 bits per heavy atom. The van der Waals surface area contributed by atoms with E-state index in [-0.39, 0.29) is 12.4 Å². The molecule has 0 radical (unpaired) electrons. The molecule has 0 fully saturated rings. The maximum absolute atomic E-state index is 5.71. The van der Waals surface area contributed by atoms with Gasteiger partial charge in [0.05, 0.1) is 6.61 Å². The first-order chi connectivity index (χ1) is 9.31. The molecular formula is C16H26ClNO2. The topological polar surface area (TPSA) is 21.7 Å². The van der Waals surface area contributed by atoms with Gasteiger partial charge in [-0.15, -0.1) is 12.4 Å². The minimum atomic E-state index is 0. The molecule has 0 saturated heterocycles. The third-order valence-electron chi connectivity index (χ3n) is 2.91. The van der Waals surface area contributed by atoms with Crippen LogP contribution in [0.1, 0.15) is 20.8 Å². The summed E-state index contributed by atoms with van der Waals surface area (Å²) in [5.41, 5.74) is 0. The van der Waals surface area contributed by atoms with Crippen LogP contribution in [-0.2, 0) is 0 Å². The number of halogens is 1. The zero-order valence-corrected chi connectivity index (χ0v) is 13.5. The number of hydrogen-bond acceptors (Lipinski definition) is 3. The summed E-state index contributed by atoms with van der Waals surface area (Å²) in [5, 5.41) is 0. The van der Waals surface area contributed by atoms with Crippen LogP contribution in [-0.4, -0.2) is 37.7 Å². The zero-order valence-electron chi connectivity index (χ0n) is 12.7. The number of para-hydroxylation sites is 2. The van der Waals surface area contributed by atoms with Gasteiger partial charge in [0.2, 0.25) is 0 Å². The molecule has 4 heteroatoms. The van der Waals surface area contributed by atoms with E-state index in [1.54, 1.807) is 0 Å². The van der Waals surface area contributed by atoms with Crippen molar-refractivity contribution in [1.82, 2.24) is 4.90 Å². The molecule has 1 aromatic carbocycles. The minimum absolute atomic E-state index is 0. The molecule has 114 valence electrons. The standard InChI is InChI=1S/C16H25NO2.ClH/c1-4-17(5-2)13-9-10-14-19-16-12-8-7-11-15(16)18-6-3;/h7-12H,4-6,13-14H2,1-3H3;1H. The Kier molecular flexibility index (Phi) is 10.9. The van der Waals surface area contributed by atoms with E-state index in [4.69, 9.17) is 9.47 Å². The third kappa shape index (κ3) is 6.83. The van der Waals surface area contributed by atoms with Crippen molar-refractivity contribution in [2.75, 3.05) is 32.8 Å². The highest BCUT2D eigenvalue weighted by atomic mass is 35.5. The Hall–Kier alpha value is -1.19. The molecule has 0 aliphatic carbocycles. The number of likely N-dealkylation sites (N-methyl/N-ethyl adjacent to an activating group) is 1. The van der Waals surface area contributed by atoms with Crippen LogP contribution in [0.2, 0.25) is 0 Å². The van der Waals surface area contributed by atoms with E-state index in [0.717, 1.165) is 31.1 Å². The second-order valence-corrected chi connectivity index (χ2v) is 4.15. The van der Waals surface area contributed by atoms with Crippen molar-refractivity contribution < 1.29 is 9.47 Å². The van der Waals surface area contributed by atoms with E-state index in [1.165, 1.54) is 0 Å². The van der Waals surface area contributed by atoms with Gasteiger partial charge in [-0.1, -0.05) is 38.1 Å². The molecule has 1 rings (SSSR count). The Labute approximate surface area is 129 Å². The number of nitrogens with zero attached hydrogens (tertiary/aromatic N) is 1. The fourth-order valence-electron chi connectivity index (χ4n) is 1.76. The summed E-state index contributed by atoms with van der Waals surface area (Å²) in [6.45, 7) is 10.7. The van der Waals surface area contributed by atoms with E-state index in [0.29, 0.717) is 13.2 Å². The Morgan fingerprint density at radius 1 is 0.950 bits per heavy atom. The van der Waals surface area contributed by atoms with Crippen LogP contribution in [0.15, 0.2) is 36.4 Å². The lowest BCUT2D eigenvalue weighted by Gasteiger charge is -2.15. The van der Waals surface area contributed by atoms with Gasteiger partial charge in [-0.25, -0.2) is 0 Å². The van der Waals surface area contributed by atoms with Crippen LogP contribution >= 0.6 is 12.4 Å². The number of rotatable bonds is 9. The molecule has 3 nitrogen and oxygen atoms in total. The van der Waals surface area contributed by atoms with Crippen LogP contribution in [0.4, 0.5) is 0 Å². The highest BCUT2D eigenvalue weighted by molar-refractivity contribution is 5.85. The summed E-state index contributed by atoms with van der Waals surface area (Å²) in [6, 6.07) is 7.77. The molecule has 0 heterocycles. The SMILES string of the molecule is CCOc1ccccc1OCC=CCN(CC)CC.Cl. The zero-order chi connectivity index (χ0) is 13.9. The van der Waals surface area contributed by atoms with E-state index >= 15 is 0 Å². The van der Waals surface area contributed by atoms with Gasteiger partial charge in [-0.2, -0.15) is 0 Å². The molecule has 0 saturated carbocycles. The van der Waals surface area contributed by atoms with Gasteiger partial charge in [0, 0.05) is 6.54 Å². The van der Waals surface area contributed by atoms with Crippen molar-refractivity contribution in [1.29, 1.82) is 0 Å². The summed E-state index contributed by atoms with van der Waals surface area (Å²) >= 11 is 0. The molecule has 0 N–H and O–H groups in total. The molecule has 0 spiro atoms. The predicted octanol–water partition coefficient (Wildman–Crippen LogP) is 3.78. The average Bonchev–Trinajstić information content (AvgIpc) is 2.45. The molecular weight excluding hydrogens is 274 g/mol. The van der Waals surface area contributed by atoms with E-state index in [1.807, 2.05) is 31.2 Å². The molecule has 0 bridgehead atoms. The van der Waals surface area contributed by atoms with Crippen molar-refractivity contribution in [3.63, 3.8) is 0 Å². The van der Waals surface area contributed by atoms with Crippen molar-refractivity contribution in [3.05, 3.63) is 36.4 Å². The second-order valence-electron chi connectivity index (χ2n) is 4.15. The van der Waals surface area contributed by atoms with Gasteiger partial charge in [0.15, 0.2) is 11.5 Å². The van der Waals surface area contributed by atoms with Crippen LogP contribution in [0.25, 0.3) is 0 Å². The van der Waals surface area contributed by atoms with E-state index in [2.05, 4.69) is 30.9 Å². The van der Waals surface area contributed by atoms with Crippen molar-refractivity contribution in [2.45, 2.75) is 20.8 Å². The van der Waals surface area contributed by atoms with Crippen LogP contribution in [0.5, 0.6) is 11.5 Å². The first kappa shape index (κ1) is 18.8. The lowest BCUT2D eigenvalue weighted by atomic mass is 10.3. The largest absolute Gasteiger partial charge is 0.490 e. The van der Waals surface area contributed by atoms with Crippen molar-refractivity contribution in [3.8, 4) is 11.5 Å². The van der Waals surface area contributed by atoms with Gasteiger partial charge in [0.1, 0.15) is 6.61 Å². The lowest BCUT2D eigenvalue weighted by Crippen LogP contribution is -2.22. The molecule has 0 aromatic heterocycles. The minimum Gasteiger partial charge on any atom is -0.490 e. The number of ether oxygens (including phenoxy) is 2. The van der Waals surface area contributed by atoms with Crippen molar-refractivity contribution in [2.24, 2.45) is 0 Å². The third-order valence-corrected chi connectivity index (χ3v) is 2.91. The Bertz CT molecular complexity index is 378. The fraction of sp³-hybridized carbons (Fsp3) is 0.500. The number of benzene rings is 1. The highest BCUT2D eigenvalue weighted by Crippen LogP contribution is 2.26. The van der Waals surface area contributed by atoms with Crippen LogP contribution in [0.3, 0.4) is 0 Å². The first-order valence-corrected chi connectivity index (χ1v) is 7.03. The summed E-state index contributed by atoms with van der Waals surface area (Å²) < 4.78 is 11.2. The highest BCUT2D eigenvalue weighted by Gasteiger charge is 2.01. The Balaban J connectivity index is 0.00000361. The fourth-order valence-corrected chi connectivity index (χ4v) is 1.76. The summed E-state index contributed by atoms with van der Waals surface area (Å²) in [6.07, 6.45) is 4.21. The van der Waals surface area contributed by atoms with Gasteiger partial charge >= 0.3 is 0 Å². The van der Waals surface area contributed by atoms with Gasteiger partial charge in [0.25, 0.3) is 0 Å². The van der Waals surface area contributed by atoms with Gasteiger partial charge < -0.3 is 14.4 Å². The molecule has 0 unspecified atom stereocenters. The monoisotopic (exact) mass is 299 g/mol. The maximum Gasteiger partial charge on any atom is 0.161 e. The molecule has 0 aliphatic heterocycles. The Morgan fingerprint density at radius 2 is 1.55 bits per heavy atom. The summed E-state index contributed by atoms with van der Waals surface area (Å²) in [5.74, 6) is 1.61. The smallest absolute Gasteiger partial charge is 0.161 e.